The summed E-state index contributed by atoms with van der Waals surface area (Å²) in [5, 5.41) is 3.01. The van der Waals surface area contributed by atoms with Crippen molar-refractivity contribution in [3.63, 3.8) is 0 Å². The van der Waals surface area contributed by atoms with Crippen molar-refractivity contribution in [2.24, 2.45) is 0 Å². The zero-order valence-corrected chi connectivity index (χ0v) is 11.5. The molecule has 5 nitrogen and oxygen atoms in total. The normalized spacial score (nSPS) is 28.2. The molecule has 2 aliphatic rings. The Kier molecular flexibility index (Phi) is 4.97. The first-order valence-corrected chi connectivity index (χ1v) is 6.98. The minimum Gasteiger partial charge on any atom is -0.376 e. The molecule has 1 amide bonds. The smallest absolute Gasteiger partial charge is 0.237 e. The minimum atomic E-state index is -0.0277. The molecule has 2 rings (SSSR count). The van der Waals surface area contributed by atoms with Gasteiger partial charge >= 0.3 is 0 Å². The predicted octanol–water partition coefficient (Wildman–Crippen LogP) is -0.0825. The lowest BCUT2D eigenvalue weighted by Gasteiger charge is -2.35. The molecule has 1 N–H and O–H groups in total. The summed E-state index contributed by atoms with van der Waals surface area (Å²) in [7, 11) is 2.12. The van der Waals surface area contributed by atoms with E-state index in [0.29, 0.717) is 6.54 Å². The van der Waals surface area contributed by atoms with Crippen LogP contribution in [0.15, 0.2) is 0 Å². The number of rotatable bonds is 4. The van der Waals surface area contributed by atoms with Gasteiger partial charge in [0.1, 0.15) is 0 Å². The van der Waals surface area contributed by atoms with Gasteiger partial charge in [0.2, 0.25) is 5.91 Å². The highest BCUT2D eigenvalue weighted by molar-refractivity contribution is 5.81. The van der Waals surface area contributed by atoms with Crippen LogP contribution in [0, 0.1) is 0 Å². The molecule has 0 aromatic carbocycles. The van der Waals surface area contributed by atoms with Crippen LogP contribution in [0.25, 0.3) is 0 Å². The van der Waals surface area contributed by atoms with Crippen molar-refractivity contribution in [2.75, 3.05) is 46.4 Å². The molecule has 18 heavy (non-hydrogen) atoms. The third kappa shape index (κ3) is 3.67. The van der Waals surface area contributed by atoms with Gasteiger partial charge in [-0.25, -0.2) is 0 Å². The topological polar surface area (TPSA) is 44.8 Å². The van der Waals surface area contributed by atoms with Gasteiger partial charge in [-0.05, 0) is 26.8 Å². The molecule has 0 aromatic heterocycles. The lowest BCUT2D eigenvalue weighted by Crippen LogP contribution is -2.53. The second-order valence-electron chi connectivity index (χ2n) is 5.40. The van der Waals surface area contributed by atoms with Gasteiger partial charge in [0.05, 0.1) is 12.1 Å². The quantitative estimate of drug-likeness (QED) is 0.763. The Labute approximate surface area is 109 Å². The number of nitrogens with zero attached hydrogens (tertiary/aromatic N) is 2. The van der Waals surface area contributed by atoms with Gasteiger partial charge in [0, 0.05) is 39.3 Å². The number of ether oxygens (including phenoxy) is 1. The van der Waals surface area contributed by atoms with Crippen LogP contribution in [0.2, 0.25) is 0 Å². The molecular weight excluding hydrogens is 230 g/mol. The molecule has 0 radical (unpaired) electrons. The van der Waals surface area contributed by atoms with E-state index >= 15 is 0 Å². The Balaban J connectivity index is 1.70. The van der Waals surface area contributed by atoms with E-state index in [9.17, 15) is 4.79 Å². The number of hydrogen-bond donors (Lipinski definition) is 1. The number of piperazine rings is 1. The maximum atomic E-state index is 12.1. The van der Waals surface area contributed by atoms with Gasteiger partial charge in [-0.2, -0.15) is 0 Å². The van der Waals surface area contributed by atoms with E-state index in [0.717, 1.165) is 45.6 Å². The Morgan fingerprint density at radius 3 is 2.72 bits per heavy atom. The molecule has 2 saturated heterocycles. The first-order chi connectivity index (χ1) is 8.66. The fourth-order valence-corrected chi connectivity index (χ4v) is 2.54. The van der Waals surface area contributed by atoms with Crippen LogP contribution >= 0.6 is 0 Å². The van der Waals surface area contributed by atoms with Crippen LogP contribution in [0.1, 0.15) is 19.8 Å². The summed E-state index contributed by atoms with van der Waals surface area (Å²) in [6.45, 7) is 7.55. The molecule has 2 aliphatic heterocycles. The average Bonchev–Trinajstić information content (AvgIpc) is 2.89. The van der Waals surface area contributed by atoms with Crippen LogP contribution in [-0.2, 0) is 9.53 Å². The molecule has 0 unspecified atom stereocenters. The van der Waals surface area contributed by atoms with Crippen molar-refractivity contribution in [3.8, 4) is 0 Å². The molecule has 2 fully saturated rings. The maximum absolute atomic E-state index is 12.1. The number of amides is 1. The number of carbonyl (C=O) groups is 1. The van der Waals surface area contributed by atoms with Crippen molar-refractivity contribution < 1.29 is 9.53 Å². The van der Waals surface area contributed by atoms with Crippen molar-refractivity contribution in [1.29, 1.82) is 0 Å². The van der Waals surface area contributed by atoms with E-state index in [2.05, 4.69) is 22.2 Å². The highest BCUT2D eigenvalue weighted by Gasteiger charge is 2.25. The molecule has 0 bridgehead atoms. The lowest BCUT2D eigenvalue weighted by molar-refractivity contribution is -0.127. The van der Waals surface area contributed by atoms with Gasteiger partial charge in [0.25, 0.3) is 0 Å². The summed E-state index contributed by atoms with van der Waals surface area (Å²) < 4.78 is 5.51. The monoisotopic (exact) mass is 255 g/mol. The Hall–Kier alpha value is -0.650. The molecule has 0 aliphatic carbocycles. The Morgan fingerprint density at radius 2 is 2.11 bits per heavy atom. The van der Waals surface area contributed by atoms with E-state index in [1.165, 1.54) is 0 Å². The van der Waals surface area contributed by atoms with E-state index < -0.39 is 0 Å². The summed E-state index contributed by atoms with van der Waals surface area (Å²) in [5.41, 5.74) is 0. The fourth-order valence-electron chi connectivity index (χ4n) is 2.54. The first kappa shape index (κ1) is 13.8. The third-order valence-corrected chi connectivity index (χ3v) is 3.99. The molecular formula is C13H25N3O2. The van der Waals surface area contributed by atoms with E-state index in [1.54, 1.807) is 0 Å². The number of carbonyl (C=O) groups excluding carboxylic acids is 1. The highest BCUT2D eigenvalue weighted by Crippen LogP contribution is 2.11. The van der Waals surface area contributed by atoms with Crippen molar-refractivity contribution in [3.05, 3.63) is 0 Å². The molecule has 0 aromatic rings. The summed E-state index contributed by atoms with van der Waals surface area (Å²) in [5.74, 6) is 0.134. The standard InChI is InChI=1S/C13H25N3O2/c1-11(16-7-5-15(2)6-8-16)13(17)14-10-12-4-3-9-18-12/h11-12H,3-10H2,1-2H3,(H,14,17)/t11-,12-/m0/s1. The Morgan fingerprint density at radius 1 is 1.39 bits per heavy atom. The first-order valence-electron chi connectivity index (χ1n) is 6.98. The third-order valence-electron chi connectivity index (χ3n) is 3.99. The fraction of sp³-hybridized carbons (Fsp3) is 0.923. The molecule has 0 spiro atoms. The summed E-state index contributed by atoms with van der Waals surface area (Å²) in [6, 6.07) is -0.0277. The maximum Gasteiger partial charge on any atom is 0.237 e. The van der Waals surface area contributed by atoms with Crippen LogP contribution in [0.5, 0.6) is 0 Å². The van der Waals surface area contributed by atoms with Gasteiger partial charge < -0.3 is 15.0 Å². The predicted molar refractivity (Wildman–Crippen MR) is 70.5 cm³/mol. The molecule has 2 atom stereocenters. The lowest BCUT2D eigenvalue weighted by atomic mass is 10.2. The summed E-state index contributed by atoms with van der Waals surface area (Å²) >= 11 is 0. The highest BCUT2D eigenvalue weighted by atomic mass is 16.5. The van der Waals surface area contributed by atoms with E-state index in [-0.39, 0.29) is 18.1 Å². The van der Waals surface area contributed by atoms with Crippen molar-refractivity contribution >= 4 is 5.91 Å². The van der Waals surface area contributed by atoms with Gasteiger partial charge in [-0.1, -0.05) is 0 Å². The largest absolute Gasteiger partial charge is 0.376 e. The van der Waals surface area contributed by atoms with Crippen LogP contribution in [0.3, 0.4) is 0 Å². The number of nitrogens with one attached hydrogen (secondary N) is 1. The zero-order chi connectivity index (χ0) is 13.0. The number of likely N-dealkylation sites (N-methyl/N-ethyl adjacent to an activating group) is 1. The molecule has 104 valence electrons. The summed E-state index contributed by atoms with van der Waals surface area (Å²) in [4.78, 5) is 16.6. The molecule has 0 saturated carbocycles. The SMILES string of the molecule is C[C@@H](C(=O)NC[C@@H]1CCCO1)N1CCN(C)CC1. The van der Waals surface area contributed by atoms with Crippen LogP contribution in [-0.4, -0.2) is 74.2 Å². The average molecular weight is 255 g/mol. The van der Waals surface area contributed by atoms with Crippen molar-refractivity contribution in [1.82, 2.24) is 15.1 Å². The summed E-state index contributed by atoms with van der Waals surface area (Å²) in [6.07, 6.45) is 2.42. The number of hydrogen-bond acceptors (Lipinski definition) is 4. The molecule has 5 heteroatoms. The van der Waals surface area contributed by atoms with Gasteiger partial charge in [-0.15, -0.1) is 0 Å². The van der Waals surface area contributed by atoms with E-state index in [4.69, 9.17) is 4.74 Å². The minimum absolute atomic E-state index is 0.0277. The van der Waals surface area contributed by atoms with Crippen LogP contribution < -0.4 is 5.32 Å². The van der Waals surface area contributed by atoms with Gasteiger partial charge in [-0.3, -0.25) is 9.69 Å². The van der Waals surface area contributed by atoms with Crippen LogP contribution in [0.4, 0.5) is 0 Å². The Bertz CT molecular complexity index is 271. The van der Waals surface area contributed by atoms with Crippen molar-refractivity contribution in [2.45, 2.75) is 31.9 Å². The second kappa shape index (κ2) is 6.50. The zero-order valence-electron chi connectivity index (χ0n) is 11.5. The van der Waals surface area contributed by atoms with E-state index in [1.807, 2.05) is 6.92 Å². The second-order valence-corrected chi connectivity index (χ2v) is 5.40. The van der Waals surface area contributed by atoms with Gasteiger partial charge in [0.15, 0.2) is 0 Å². The molecule has 2 heterocycles.